The maximum atomic E-state index is 8.94. The molecule has 0 aliphatic carbocycles. The van der Waals surface area contributed by atoms with Gasteiger partial charge in [0.15, 0.2) is 0 Å². The molecule has 0 unspecified atom stereocenters. The predicted molar refractivity (Wildman–Crippen MR) is 47.5 cm³/mol. The van der Waals surface area contributed by atoms with Crippen molar-refractivity contribution in [2.45, 2.75) is 0 Å². The van der Waals surface area contributed by atoms with Crippen molar-refractivity contribution in [2.75, 3.05) is 0 Å². The molecule has 0 spiro atoms. The summed E-state index contributed by atoms with van der Waals surface area (Å²) < 4.78 is 5.01. The van der Waals surface area contributed by atoms with E-state index in [1.165, 1.54) is 12.4 Å². The van der Waals surface area contributed by atoms with E-state index in [0.717, 1.165) is 5.06 Å². The van der Waals surface area contributed by atoms with E-state index in [2.05, 4.69) is 22.4 Å². The Balaban J connectivity index is 2.27. The van der Waals surface area contributed by atoms with Crippen LogP contribution in [0.2, 0.25) is 0 Å². The fourth-order valence-corrected chi connectivity index (χ4v) is 1.01. The minimum atomic E-state index is 0.107. The van der Waals surface area contributed by atoms with Gasteiger partial charge in [0.2, 0.25) is 5.88 Å². The molecule has 2 rings (SSSR count). The summed E-state index contributed by atoms with van der Waals surface area (Å²) >= 11 is 4.66. The molecule has 0 aromatic heterocycles. The lowest BCUT2D eigenvalue weighted by molar-refractivity contribution is 0.0104. The average molecular weight is 195 g/mol. The molecular weight excluding hydrogens is 190 g/mol. The number of hydroxylamine groups is 2. The predicted octanol–water partition coefficient (Wildman–Crippen LogP) is 1.70. The highest BCUT2D eigenvalue weighted by Crippen LogP contribution is 2.20. The molecule has 0 aromatic rings. The topological polar surface area (TPSA) is 57.4 Å². The van der Waals surface area contributed by atoms with Gasteiger partial charge in [0, 0.05) is 18.0 Å². The van der Waals surface area contributed by atoms with E-state index in [0.29, 0.717) is 11.5 Å². The van der Waals surface area contributed by atoms with E-state index in [-0.39, 0.29) is 5.17 Å². The maximum Gasteiger partial charge on any atom is 0.309 e. The number of hydrogen-bond acceptors (Lipinski definition) is 5. The molecule has 0 atom stereocenters. The van der Waals surface area contributed by atoms with Gasteiger partial charge >= 0.3 is 5.17 Å². The molecule has 0 amide bonds. The van der Waals surface area contributed by atoms with Crippen LogP contribution in [-0.2, 0) is 4.74 Å². The van der Waals surface area contributed by atoms with Crippen LogP contribution in [0.4, 0.5) is 0 Å². The van der Waals surface area contributed by atoms with E-state index >= 15 is 0 Å². The van der Waals surface area contributed by atoms with Crippen molar-refractivity contribution in [3.05, 3.63) is 36.0 Å². The van der Waals surface area contributed by atoms with Gasteiger partial charge in [-0.2, -0.15) is 0 Å². The highest BCUT2D eigenvalue weighted by Gasteiger charge is 2.14. The Kier molecular flexibility index (Phi) is 1.91. The Bertz CT molecular complexity index is 354. The third kappa shape index (κ3) is 1.63. The van der Waals surface area contributed by atoms with Gasteiger partial charge in [-0.1, -0.05) is 5.11 Å². The summed E-state index contributed by atoms with van der Waals surface area (Å²) in [6.07, 6.45) is 6.20. The summed E-state index contributed by atoms with van der Waals surface area (Å²) in [6.45, 7) is 0. The van der Waals surface area contributed by atoms with Gasteiger partial charge in [0.1, 0.15) is 0 Å². The van der Waals surface area contributed by atoms with Gasteiger partial charge in [-0.25, -0.2) is 5.06 Å². The molecule has 2 aliphatic rings. The van der Waals surface area contributed by atoms with Crippen molar-refractivity contribution in [1.82, 2.24) is 5.06 Å². The summed E-state index contributed by atoms with van der Waals surface area (Å²) in [5.74, 6) is 0.352. The normalized spacial score (nSPS) is 20.1. The average Bonchev–Trinajstić information content (AvgIpc) is 2.53. The molecule has 0 radical (unpaired) electrons. The van der Waals surface area contributed by atoms with Gasteiger partial charge in [0.25, 0.3) is 0 Å². The largest absolute Gasteiger partial charge is 0.408 e. The molecule has 6 heteroatoms. The third-order valence-corrected chi connectivity index (χ3v) is 1.63. The molecule has 0 aromatic carbocycles. The second-order valence-corrected chi connectivity index (χ2v) is 2.69. The molecule has 5 nitrogen and oxygen atoms in total. The summed E-state index contributed by atoms with van der Waals surface area (Å²) in [4.78, 5) is 0. The van der Waals surface area contributed by atoms with E-state index in [1.807, 2.05) is 0 Å². The van der Waals surface area contributed by atoms with Crippen molar-refractivity contribution < 1.29 is 9.94 Å². The molecule has 2 heterocycles. The van der Waals surface area contributed by atoms with Crippen LogP contribution >= 0.6 is 12.2 Å². The lowest BCUT2D eigenvalue weighted by Crippen LogP contribution is -2.05. The molecule has 0 saturated heterocycles. The number of hydrogen-bond donors (Lipinski definition) is 1. The number of thiocarbonyl (C=S) groups is 1. The van der Waals surface area contributed by atoms with Crippen molar-refractivity contribution in [2.24, 2.45) is 10.2 Å². The molecule has 0 saturated carbocycles. The number of ether oxygens (including phenoxy) is 1. The molecule has 0 bridgehead atoms. The molecule has 2 aliphatic heterocycles. The Morgan fingerprint density at radius 3 is 2.54 bits per heavy atom. The summed E-state index contributed by atoms with van der Waals surface area (Å²) in [5.41, 5.74) is 0.717. The monoisotopic (exact) mass is 195 g/mol. The van der Waals surface area contributed by atoms with E-state index in [9.17, 15) is 0 Å². The zero-order chi connectivity index (χ0) is 9.26. The van der Waals surface area contributed by atoms with Crippen LogP contribution in [0, 0.1) is 0 Å². The zero-order valence-electron chi connectivity index (χ0n) is 6.41. The van der Waals surface area contributed by atoms with Crippen molar-refractivity contribution in [3.8, 4) is 0 Å². The summed E-state index contributed by atoms with van der Waals surface area (Å²) in [7, 11) is 0. The lowest BCUT2D eigenvalue weighted by Gasteiger charge is -2.09. The van der Waals surface area contributed by atoms with Crippen molar-refractivity contribution in [1.29, 1.82) is 0 Å². The second-order valence-electron chi connectivity index (χ2n) is 2.34. The van der Waals surface area contributed by atoms with Crippen molar-refractivity contribution >= 4 is 17.4 Å². The van der Waals surface area contributed by atoms with Crippen LogP contribution in [0.25, 0.3) is 0 Å². The van der Waals surface area contributed by atoms with Crippen LogP contribution in [0.15, 0.2) is 46.2 Å². The fraction of sp³-hybridized carbons (Fsp3) is 0. The maximum absolute atomic E-state index is 8.94. The van der Waals surface area contributed by atoms with Gasteiger partial charge in [-0.3, -0.25) is 5.21 Å². The molecule has 13 heavy (non-hydrogen) atoms. The smallest absolute Gasteiger partial charge is 0.309 e. The third-order valence-electron chi connectivity index (χ3n) is 1.47. The molecular formula is C7H5N3O2S. The Morgan fingerprint density at radius 2 is 2.00 bits per heavy atom. The second kappa shape index (κ2) is 3.08. The van der Waals surface area contributed by atoms with Gasteiger partial charge in [-0.15, -0.1) is 5.11 Å². The van der Waals surface area contributed by atoms with E-state index in [4.69, 9.17) is 9.94 Å². The minimum Gasteiger partial charge on any atom is -0.408 e. The first-order chi connectivity index (χ1) is 6.25. The Hall–Kier alpha value is -1.53. The first kappa shape index (κ1) is 8.09. The highest BCUT2D eigenvalue weighted by molar-refractivity contribution is 7.80. The summed E-state index contributed by atoms with van der Waals surface area (Å²) in [5, 5.41) is 17.2. The van der Waals surface area contributed by atoms with Crippen LogP contribution in [0.5, 0.6) is 0 Å². The van der Waals surface area contributed by atoms with Crippen LogP contribution in [0.3, 0.4) is 0 Å². The quantitative estimate of drug-likeness (QED) is 0.597. The van der Waals surface area contributed by atoms with Crippen LogP contribution in [-0.4, -0.2) is 15.4 Å². The van der Waals surface area contributed by atoms with E-state index < -0.39 is 0 Å². The van der Waals surface area contributed by atoms with Crippen molar-refractivity contribution in [3.63, 3.8) is 0 Å². The Labute approximate surface area is 79.3 Å². The fourth-order valence-electron chi connectivity index (χ4n) is 0.888. The highest BCUT2D eigenvalue weighted by atomic mass is 32.1. The molecule has 0 fully saturated rings. The molecule has 1 N–H and O–H groups in total. The van der Waals surface area contributed by atoms with Gasteiger partial charge in [0.05, 0.1) is 0 Å². The zero-order valence-corrected chi connectivity index (χ0v) is 7.23. The number of allylic oxidation sites excluding steroid dienone is 3. The van der Waals surface area contributed by atoms with Crippen LogP contribution < -0.4 is 0 Å². The van der Waals surface area contributed by atoms with Crippen LogP contribution in [0.1, 0.15) is 0 Å². The van der Waals surface area contributed by atoms with Gasteiger partial charge in [-0.05, 0) is 24.4 Å². The van der Waals surface area contributed by atoms with E-state index in [1.54, 1.807) is 12.2 Å². The van der Waals surface area contributed by atoms with Gasteiger partial charge < -0.3 is 4.74 Å². The molecule has 66 valence electrons. The SMILES string of the molecule is ON1C=CC(=C2N=NC(=S)O2)C=C1. The standard InChI is InChI=1S/C7H5N3O2S/c11-10-3-1-5(2-4-10)6-8-9-7(13)12-6/h1-4,11H. The number of azo groups is 1. The number of rotatable bonds is 0. The Morgan fingerprint density at radius 1 is 1.31 bits per heavy atom. The summed E-state index contributed by atoms with van der Waals surface area (Å²) in [6, 6.07) is 0. The first-order valence-electron chi connectivity index (χ1n) is 3.47. The first-order valence-corrected chi connectivity index (χ1v) is 3.88. The lowest BCUT2D eigenvalue weighted by atomic mass is 10.2. The minimum absolute atomic E-state index is 0.107. The number of nitrogens with zero attached hydrogens (tertiary/aromatic N) is 3.